The molecule has 0 aliphatic heterocycles. The molecule has 0 fully saturated rings. The first kappa shape index (κ1) is 22.5. The van der Waals surface area contributed by atoms with Gasteiger partial charge in [-0.3, -0.25) is 4.55 Å². The highest BCUT2D eigenvalue weighted by Gasteiger charge is 2.22. The molecule has 1 unspecified atom stereocenters. The third kappa shape index (κ3) is 28.2. The van der Waals surface area contributed by atoms with E-state index in [9.17, 15) is 26.7 Å². The van der Waals surface area contributed by atoms with Crippen molar-refractivity contribution in [3.63, 3.8) is 0 Å². The minimum Gasteiger partial charge on any atom is -0.550 e. The molecule has 12 heteroatoms. The van der Waals surface area contributed by atoms with Gasteiger partial charge in [-0.25, -0.2) is 4.89 Å². The summed E-state index contributed by atoms with van der Waals surface area (Å²) in [5, 5.41) is 10.4. The molecule has 0 aromatic rings. The van der Waals surface area contributed by atoms with Crippen molar-refractivity contribution in [2.45, 2.75) is 12.5 Å². The second-order valence-corrected chi connectivity index (χ2v) is 8.28. The number of rotatable bonds is 7. The lowest BCUT2D eigenvalue weighted by atomic mass is 10.2. The number of nitrogens with zero attached hydrogens (tertiary/aromatic N) is 1. The van der Waals surface area contributed by atoms with Crippen molar-refractivity contribution in [1.29, 1.82) is 0 Å². The van der Waals surface area contributed by atoms with Gasteiger partial charge >= 0.3 is 0 Å². The maximum atomic E-state index is 10.7. The number of aliphatic carboxylic acids is 1. The van der Waals surface area contributed by atoms with Gasteiger partial charge in [0.2, 0.25) is 0 Å². The Morgan fingerprint density at radius 2 is 1.57 bits per heavy atom. The van der Waals surface area contributed by atoms with Crippen molar-refractivity contribution in [2.75, 3.05) is 40.2 Å². The zero-order valence-corrected chi connectivity index (χ0v) is 14.1. The van der Waals surface area contributed by atoms with Crippen LogP contribution in [0.1, 0.15) is 6.42 Å². The third-order valence-electron chi connectivity index (χ3n) is 1.44. The molecular weight excluding hydrogens is 330 g/mol. The van der Waals surface area contributed by atoms with Gasteiger partial charge in [-0.1, -0.05) is 0 Å². The molecule has 1 atom stereocenters. The lowest BCUT2D eigenvalue weighted by molar-refractivity contribution is -0.874. The van der Waals surface area contributed by atoms with Gasteiger partial charge in [-0.2, -0.15) is 16.8 Å². The Balaban J connectivity index is 0. The van der Waals surface area contributed by atoms with E-state index in [0.29, 0.717) is 10.7 Å². The Hall–Kier alpha value is -0.790. The van der Waals surface area contributed by atoms with Crippen LogP contribution in [-0.4, -0.2) is 78.1 Å². The van der Waals surface area contributed by atoms with Crippen LogP contribution in [0, 0.1) is 0 Å². The van der Waals surface area contributed by atoms with E-state index in [1.807, 2.05) is 21.1 Å². The molecule has 128 valence electrons. The molecule has 1 N–H and O–H groups in total. The molecule has 0 rings (SSSR count). The lowest BCUT2D eigenvalue weighted by Crippen LogP contribution is -2.44. The van der Waals surface area contributed by atoms with Crippen LogP contribution in [0.15, 0.2) is 0 Å². The summed E-state index contributed by atoms with van der Waals surface area (Å²) in [5.41, 5.74) is 0. The van der Waals surface area contributed by atoms with Crippen LogP contribution < -0.4 is 5.11 Å². The fourth-order valence-electron chi connectivity index (χ4n) is 1.05. The molecule has 0 bridgehead atoms. The summed E-state index contributed by atoms with van der Waals surface area (Å²) in [6, 6.07) is 0. The number of carbonyl (C=O) groups is 1. The fraction of sp³-hybridized carbons (Fsp3) is 0.889. The third-order valence-corrected chi connectivity index (χ3v) is 1.77. The highest BCUT2D eigenvalue weighted by molar-refractivity contribution is 7.85. The zero-order chi connectivity index (χ0) is 17.5. The Morgan fingerprint density at radius 1 is 1.19 bits per heavy atom. The predicted octanol–water partition coefficient (Wildman–Crippen LogP) is -2.39. The Kier molecular flexibility index (Phi) is 9.21. The van der Waals surface area contributed by atoms with Crippen LogP contribution in [0.5, 0.6) is 0 Å². The van der Waals surface area contributed by atoms with Gasteiger partial charge < -0.3 is 14.4 Å². The second-order valence-electron chi connectivity index (χ2n) is 5.27. The average molecular weight is 351 g/mol. The molecule has 21 heavy (non-hydrogen) atoms. The standard InChI is InChI=1S/C8H17NO6S.CH4O3S/c1-9(2,3)6-7(5-8(10)11)14-15-16(4,12)13;1-5(2,3)4/h7H,5-6H2,1-4H3;1H3,(H,2,3,4). The van der Waals surface area contributed by atoms with E-state index in [2.05, 4.69) is 9.22 Å². The average Bonchev–Trinajstić information content (AvgIpc) is 2.06. The largest absolute Gasteiger partial charge is 0.550 e. The van der Waals surface area contributed by atoms with Gasteiger partial charge in [0.25, 0.3) is 20.2 Å². The smallest absolute Gasteiger partial charge is 0.290 e. The molecule has 0 aliphatic rings. The molecule has 10 nitrogen and oxygen atoms in total. The van der Waals surface area contributed by atoms with Crippen molar-refractivity contribution in [3.05, 3.63) is 0 Å². The summed E-state index contributed by atoms with van der Waals surface area (Å²) < 4.78 is 51.7. The predicted molar refractivity (Wildman–Crippen MR) is 70.8 cm³/mol. The summed E-state index contributed by atoms with van der Waals surface area (Å²) >= 11 is 0. The summed E-state index contributed by atoms with van der Waals surface area (Å²) in [7, 11) is -1.98. The van der Waals surface area contributed by atoms with Gasteiger partial charge in [-0.05, 0) is 0 Å². The SMILES string of the molecule is CS(=O)(=O)O.C[N+](C)(C)CC(CC(=O)[O-])OOS(C)(=O)=O. The number of quaternary nitrogens is 1. The van der Waals surface area contributed by atoms with E-state index in [4.69, 9.17) is 4.55 Å². The number of carboxylic acids is 1. The normalized spacial score (nSPS) is 14.0. The molecule has 0 amide bonds. The first-order chi connectivity index (χ1) is 8.99. The first-order valence-electron chi connectivity index (χ1n) is 5.47. The van der Waals surface area contributed by atoms with E-state index >= 15 is 0 Å². The van der Waals surface area contributed by atoms with Crippen molar-refractivity contribution in [1.82, 2.24) is 0 Å². The first-order valence-corrected chi connectivity index (χ1v) is 9.14. The Bertz CT molecular complexity index is 510. The molecule has 0 saturated carbocycles. The van der Waals surface area contributed by atoms with Gasteiger partial charge in [0, 0.05) is 12.4 Å². The topological polar surface area (TPSA) is 147 Å². The maximum Gasteiger partial charge on any atom is 0.290 e. The van der Waals surface area contributed by atoms with Crippen molar-refractivity contribution in [3.8, 4) is 0 Å². The Morgan fingerprint density at radius 3 is 1.81 bits per heavy atom. The van der Waals surface area contributed by atoms with Gasteiger partial charge in [-0.15, -0.1) is 4.33 Å². The molecule has 0 radical (unpaired) electrons. The minimum absolute atomic E-state index is 0.281. The fourth-order valence-corrected chi connectivity index (χ4v) is 1.31. The molecule has 0 heterocycles. The zero-order valence-electron chi connectivity index (χ0n) is 12.5. The van der Waals surface area contributed by atoms with Crippen LogP contribution in [0.4, 0.5) is 0 Å². The number of carboxylic acid groups (broad SMARTS) is 1. The molecule has 0 aromatic heterocycles. The van der Waals surface area contributed by atoms with Crippen LogP contribution >= 0.6 is 0 Å². The highest BCUT2D eigenvalue weighted by atomic mass is 32.2. The summed E-state index contributed by atoms with van der Waals surface area (Å²) in [6.07, 6.45) is 0.229. The quantitative estimate of drug-likeness (QED) is 0.230. The van der Waals surface area contributed by atoms with Crippen molar-refractivity contribution >= 4 is 26.2 Å². The number of hydrogen-bond acceptors (Lipinski definition) is 8. The second kappa shape index (κ2) is 8.60. The van der Waals surface area contributed by atoms with Crippen molar-refractivity contribution < 1.29 is 45.0 Å². The van der Waals surface area contributed by atoms with E-state index in [1.54, 1.807) is 0 Å². The van der Waals surface area contributed by atoms with Crippen LogP contribution in [0.2, 0.25) is 0 Å². The maximum absolute atomic E-state index is 10.7. The van der Waals surface area contributed by atoms with Gasteiger partial charge in [0.05, 0.1) is 33.7 Å². The highest BCUT2D eigenvalue weighted by Crippen LogP contribution is 2.06. The van der Waals surface area contributed by atoms with E-state index in [0.717, 1.165) is 6.26 Å². The van der Waals surface area contributed by atoms with Crippen LogP contribution in [0.3, 0.4) is 0 Å². The number of likely N-dealkylation sites (N-methyl/N-ethyl adjacent to an activating group) is 1. The molecule has 0 spiro atoms. The summed E-state index contributed by atoms with van der Waals surface area (Å²) in [4.78, 5) is 15.0. The monoisotopic (exact) mass is 351 g/mol. The van der Waals surface area contributed by atoms with E-state index in [-0.39, 0.29) is 6.54 Å². The van der Waals surface area contributed by atoms with Crippen LogP contribution in [-0.2, 0) is 34.3 Å². The van der Waals surface area contributed by atoms with Crippen molar-refractivity contribution in [2.24, 2.45) is 0 Å². The van der Waals surface area contributed by atoms with Crippen LogP contribution in [0.25, 0.3) is 0 Å². The summed E-state index contributed by atoms with van der Waals surface area (Å²) in [6.45, 7) is 0.281. The van der Waals surface area contributed by atoms with E-state index < -0.39 is 38.7 Å². The number of hydrogen-bond donors (Lipinski definition) is 1. The lowest BCUT2D eigenvalue weighted by Gasteiger charge is -2.28. The Labute approximate surface area is 124 Å². The van der Waals surface area contributed by atoms with Gasteiger partial charge in [0.1, 0.15) is 12.6 Å². The number of carbonyl (C=O) groups excluding carboxylic acids is 1. The van der Waals surface area contributed by atoms with Gasteiger partial charge in [0.15, 0.2) is 0 Å². The molecule has 0 aliphatic carbocycles. The molecule has 0 saturated heterocycles. The molecular formula is C9H21NO9S2. The van der Waals surface area contributed by atoms with E-state index in [1.165, 1.54) is 0 Å². The minimum atomic E-state index is -3.75. The molecule has 0 aromatic carbocycles. The summed E-state index contributed by atoms with van der Waals surface area (Å²) in [5.74, 6) is -1.32.